The van der Waals surface area contributed by atoms with Crippen molar-refractivity contribution >= 4 is 27.4 Å². The third-order valence-corrected chi connectivity index (χ3v) is 4.27. The number of hydrazine groups is 1. The molecule has 0 saturated heterocycles. The SMILES string of the molecule is Cc1nccc(-c2nc(NN)c3c(C)c(C)sc3n2)n1. The number of nitrogen functional groups attached to an aromatic ring is 1. The second kappa shape index (κ2) is 4.77. The lowest BCUT2D eigenvalue weighted by molar-refractivity contribution is 1.04. The van der Waals surface area contributed by atoms with E-state index in [0.29, 0.717) is 23.2 Å². The van der Waals surface area contributed by atoms with Crippen LogP contribution in [0.3, 0.4) is 0 Å². The number of nitrogens with two attached hydrogens (primary N) is 1. The van der Waals surface area contributed by atoms with Crippen molar-refractivity contribution < 1.29 is 0 Å². The topological polar surface area (TPSA) is 89.6 Å². The van der Waals surface area contributed by atoms with E-state index in [1.54, 1.807) is 23.6 Å². The molecular weight excluding hydrogens is 272 g/mol. The number of hydrogen-bond acceptors (Lipinski definition) is 7. The number of anilines is 1. The van der Waals surface area contributed by atoms with E-state index in [1.807, 2.05) is 13.8 Å². The summed E-state index contributed by atoms with van der Waals surface area (Å²) in [6.45, 7) is 5.95. The molecule has 0 amide bonds. The van der Waals surface area contributed by atoms with Crippen LogP contribution in [0.1, 0.15) is 16.3 Å². The lowest BCUT2D eigenvalue weighted by Gasteiger charge is -2.06. The molecule has 3 aromatic heterocycles. The fraction of sp³-hybridized carbons (Fsp3) is 0.231. The molecule has 0 aliphatic carbocycles. The molecule has 0 aliphatic rings. The quantitative estimate of drug-likeness (QED) is 0.555. The van der Waals surface area contributed by atoms with Gasteiger partial charge in [-0.1, -0.05) is 0 Å². The maximum absolute atomic E-state index is 5.60. The van der Waals surface area contributed by atoms with E-state index in [0.717, 1.165) is 15.8 Å². The van der Waals surface area contributed by atoms with Crippen LogP contribution in [-0.4, -0.2) is 19.9 Å². The van der Waals surface area contributed by atoms with Crippen molar-refractivity contribution in [3.63, 3.8) is 0 Å². The maximum atomic E-state index is 5.60. The van der Waals surface area contributed by atoms with Crippen LogP contribution in [0.25, 0.3) is 21.7 Å². The van der Waals surface area contributed by atoms with Gasteiger partial charge in [0.05, 0.1) is 5.39 Å². The van der Waals surface area contributed by atoms with Gasteiger partial charge in [0.2, 0.25) is 0 Å². The average molecular weight is 286 g/mol. The van der Waals surface area contributed by atoms with Crippen LogP contribution in [0.2, 0.25) is 0 Å². The number of rotatable bonds is 2. The van der Waals surface area contributed by atoms with Gasteiger partial charge in [-0.25, -0.2) is 25.8 Å². The summed E-state index contributed by atoms with van der Waals surface area (Å²) in [5.41, 5.74) is 4.51. The minimum absolute atomic E-state index is 0.553. The van der Waals surface area contributed by atoms with E-state index in [-0.39, 0.29) is 0 Å². The third kappa shape index (κ3) is 2.00. The van der Waals surface area contributed by atoms with E-state index in [4.69, 9.17) is 5.84 Å². The van der Waals surface area contributed by atoms with Gasteiger partial charge in [-0.15, -0.1) is 11.3 Å². The summed E-state index contributed by atoms with van der Waals surface area (Å²) < 4.78 is 0. The summed E-state index contributed by atoms with van der Waals surface area (Å²) in [5.74, 6) is 7.47. The van der Waals surface area contributed by atoms with Crippen molar-refractivity contribution in [1.82, 2.24) is 19.9 Å². The van der Waals surface area contributed by atoms with Gasteiger partial charge in [-0.2, -0.15) is 0 Å². The Morgan fingerprint density at radius 3 is 2.65 bits per heavy atom. The van der Waals surface area contributed by atoms with Crippen molar-refractivity contribution in [2.24, 2.45) is 5.84 Å². The number of aromatic nitrogens is 4. The first-order valence-corrected chi connectivity index (χ1v) is 6.96. The highest BCUT2D eigenvalue weighted by atomic mass is 32.1. The minimum atomic E-state index is 0.553. The van der Waals surface area contributed by atoms with Gasteiger partial charge in [-0.3, -0.25) is 0 Å². The molecule has 3 heterocycles. The Labute approximate surface area is 120 Å². The maximum Gasteiger partial charge on any atom is 0.181 e. The van der Waals surface area contributed by atoms with Gasteiger partial charge in [0.1, 0.15) is 16.3 Å². The highest BCUT2D eigenvalue weighted by Crippen LogP contribution is 2.34. The predicted octanol–water partition coefficient (Wildman–Crippen LogP) is 2.36. The molecule has 0 bridgehead atoms. The fourth-order valence-electron chi connectivity index (χ4n) is 2.05. The van der Waals surface area contributed by atoms with Crippen molar-refractivity contribution in [3.8, 4) is 11.5 Å². The van der Waals surface area contributed by atoms with E-state index in [1.165, 1.54) is 4.88 Å². The highest BCUT2D eigenvalue weighted by Gasteiger charge is 2.15. The lowest BCUT2D eigenvalue weighted by Crippen LogP contribution is -2.10. The fourth-order valence-corrected chi connectivity index (χ4v) is 3.08. The van der Waals surface area contributed by atoms with Crippen molar-refractivity contribution in [1.29, 1.82) is 0 Å². The van der Waals surface area contributed by atoms with Gasteiger partial charge in [0.15, 0.2) is 11.6 Å². The van der Waals surface area contributed by atoms with Gasteiger partial charge in [-0.05, 0) is 32.4 Å². The van der Waals surface area contributed by atoms with Crippen molar-refractivity contribution in [2.75, 3.05) is 5.43 Å². The summed E-state index contributed by atoms with van der Waals surface area (Å²) in [5, 5.41) is 0.976. The Morgan fingerprint density at radius 2 is 1.95 bits per heavy atom. The molecule has 0 saturated carbocycles. The molecular formula is C13H14N6S. The van der Waals surface area contributed by atoms with E-state index in [9.17, 15) is 0 Å². The second-order valence-electron chi connectivity index (χ2n) is 4.49. The average Bonchev–Trinajstić information content (AvgIpc) is 2.73. The Bertz CT molecular complexity index is 795. The smallest absolute Gasteiger partial charge is 0.181 e. The van der Waals surface area contributed by atoms with Gasteiger partial charge in [0.25, 0.3) is 0 Å². The summed E-state index contributed by atoms with van der Waals surface area (Å²) in [6.07, 6.45) is 1.70. The number of nitrogens with one attached hydrogen (secondary N) is 1. The Morgan fingerprint density at radius 1 is 1.15 bits per heavy atom. The zero-order valence-electron chi connectivity index (χ0n) is 11.4. The van der Waals surface area contributed by atoms with E-state index in [2.05, 4.69) is 32.3 Å². The monoisotopic (exact) mass is 286 g/mol. The van der Waals surface area contributed by atoms with Gasteiger partial charge < -0.3 is 5.43 Å². The molecule has 3 N–H and O–H groups in total. The molecule has 0 radical (unpaired) electrons. The molecule has 7 heteroatoms. The van der Waals surface area contributed by atoms with Crippen LogP contribution in [0.5, 0.6) is 0 Å². The first-order valence-electron chi connectivity index (χ1n) is 6.14. The van der Waals surface area contributed by atoms with Crippen LogP contribution in [0.15, 0.2) is 12.3 Å². The zero-order chi connectivity index (χ0) is 14.3. The molecule has 3 rings (SSSR count). The van der Waals surface area contributed by atoms with Gasteiger partial charge in [0, 0.05) is 11.1 Å². The number of fused-ring (bicyclic) bond motifs is 1. The Balaban J connectivity index is 2.28. The standard InChI is InChI=1S/C13H14N6S/c1-6-7(2)20-13-10(6)12(19-14)17-11(18-13)9-4-5-15-8(3)16-9/h4-5H,14H2,1-3H3,(H,17,18,19). The van der Waals surface area contributed by atoms with E-state index < -0.39 is 0 Å². The molecule has 0 unspecified atom stereocenters. The molecule has 3 aromatic rings. The highest BCUT2D eigenvalue weighted by molar-refractivity contribution is 7.18. The molecule has 6 nitrogen and oxygen atoms in total. The number of nitrogens with zero attached hydrogens (tertiary/aromatic N) is 4. The van der Waals surface area contributed by atoms with Crippen molar-refractivity contribution in [3.05, 3.63) is 28.5 Å². The molecule has 20 heavy (non-hydrogen) atoms. The van der Waals surface area contributed by atoms with Crippen LogP contribution in [0, 0.1) is 20.8 Å². The molecule has 102 valence electrons. The summed E-state index contributed by atoms with van der Waals surface area (Å²) >= 11 is 1.63. The number of hydrogen-bond donors (Lipinski definition) is 2. The predicted molar refractivity (Wildman–Crippen MR) is 80.5 cm³/mol. The van der Waals surface area contributed by atoms with Crippen LogP contribution >= 0.6 is 11.3 Å². The molecule has 0 atom stereocenters. The Kier molecular flexibility index (Phi) is 3.07. The molecule has 0 spiro atoms. The molecule has 0 aliphatic heterocycles. The largest absolute Gasteiger partial charge is 0.308 e. The van der Waals surface area contributed by atoms with Crippen molar-refractivity contribution in [2.45, 2.75) is 20.8 Å². The zero-order valence-corrected chi connectivity index (χ0v) is 12.2. The molecule has 0 aromatic carbocycles. The summed E-state index contributed by atoms with van der Waals surface area (Å²) in [4.78, 5) is 19.6. The number of aryl methyl sites for hydroxylation is 3. The second-order valence-corrected chi connectivity index (χ2v) is 5.70. The Hall–Kier alpha value is -2.12. The first kappa shape index (κ1) is 12.9. The van der Waals surface area contributed by atoms with Crippen LogP contribution in [-0.2, 0) is 0 Å². The lowest BCUT2D eigenvalue weighted by atomic mass is 10.2. The number of thiophene rings is 1. The summed E-state index contributed by atoms with van der Waals surface area (Å²) in [7, 11) is 0. The minimum Gasteiger partial charge on any atom is -0.308 e. The first-order chi connectivity index (χ1) is 9.60. The van der Waals surface area contributed by atoms with Crippen LogP contribution in [0.4, 0.5) is 5.82 Å². The molecule has 0 fully saturated rings. The van der Waals surface area contributed by atoms with Crippen LogP contribution < -0.4 is 11.3 Å². The van der Waals surface area contributed by atoms with E-state index >= 15 is 0 Å². The normalized spacial score (nSPS) is 11.0. The van der Waals surface area contributed by atoms with Gasteiger partial charge >= 0.3 is 0 Å². The third-order valence-electron chi connectivity index (χ3n) is 3.17. The summed E-state index contributed by atoms with van der Waals surface area (Å²) in [6, 6.07) is 1.79.